The fourth-order valence-electron chi connectivity index (χ4n) is 2.68. The highest BCUT2D eigenvalue weighted by atomic mass is 32.2. The van der Waals surface area contributed by atoms with E-state index in [0.29, 0.717) is 5.56 Å². The second-order valence-electron chi connectivity index (χ2n) is 5.81. The summed E-state index contributed by atoms with van der Waals surface area (Å²) in [6.07, 6.45) is 0.124. The molecule has 0 bridgehead atoms. The van der Waals surface area contributed by atoms with Crippen LogP contribution in [-0.4, -0.2) is 49.6 Å². The summed E-state index contributed by atoms with van der Waals surface area (Å²) in [5.41, 5.74) is 0.281. The van der Waals surface area contributed by atoms with Crippen LogP contribution in [0.4, 0.5) is 0 Å². The Morgan fingerprint density at radius 2 is 1.91 bits per heavy atom. The van der Waals surface area contributed by atoms with Gasteiger partial charge in [0.25, 0.3) is 0 Å². The van der Waals surface area contributed by atoms with Crippen molar-refractivity contribution in [2.24, 2.45) is 0 Å². The Hall–Kier alpha value is -1.44. The molecule has 0 amide bonds. The van der Waals surface area contributed by atoms with Gasteiger partial charge in [-0.15, -0.1) is 0 Å². The number of nitrogens with zero attached hydrogens (tertiary/aromatic N) is 1. The highest BCUT2D eigenvalue weighted by molar-refractivity contribution is 7.88. The van der Waals surface area contributed by atoms with Crippen LogP contribution < -0.4 is 0 Å². The molecule has 6 nitrogen and oxygen atoms in total. The number of rotatable bonds is 6. The van der Waals surface area contributed by atoms with Crippen LogP contribution >= 0.6 is 0 Å². The fraction of sp³-hybridized carbons (Fsp3) is 0.533. The normalized spacial score (nSPS) is 25.0. The maximum absolute atomic E-state index is 12.5. The molecule has 0 aliphatic heterocycles. The van der Waals surface area contributed by atoms with Crippen molar-refractivity contribution in [1.29, 1.82) is 0 Å². The molecule has 1 N–H and O–H groups in total. The van der Waals surface area contributed by atoms with Gasteiger partial charge in [0.05, 0.1) is 11.9 Å². The van der Waals surface area contributed by atoms with Crippen LogP contribution in [0.3, 0.4) is 0 Å². The van der Waals surface area contributed by atoms with Crippen molar-refractivity contribution in [2.45, 2.75) is 37.2 Å². The SMILES string of the molecule is COC1CC(C(=O)O)(N(C)S(=O)(=O)Cc2ccc(C)cc2)C1. The monoisotopic (exact) mass is 327 g/mol. The quantitative estimate of drug-likeness (QED) is 0.853. The van der Waals surface area contributed by atoms with Crippen molar-refractivity contribution in [2.75, 3.05) is 14.2 Å². The lowest BCUT2D eigenvalue weighted by molar-refractivity contribution is -0.162. The predicted molar refractivity (Wildman–Crippen MR) is 82.0 cm³/mol. The molecule has 1 aliphatic carbocycles. The van der Waals surface area contributed by atoms with E-state index in [1.165, 1.54) is 14.2 Å². The van der Waals surface area contributed by atoms with Crippen LogP contribution in [0.5, 0.6) is 0 Å². The van der Waals surface area contributed by atoms with Gasteiger partial charge in [0.15, 0.2) is 0 Å². The summed E-state index contributed by atoms with van der Waals surface area (Å²) in [5, 5.41) is 9.47. The first-order chi connectivity index (χ1) is 10.2. The summed E-state index contributed by atoms with van der Waals surface area (Å²) in [4.78, 5) is 11.6. The number of aryl methyl sites for hydroxylation is 1. The van der Waals surface area contributed by atoms with Gasteiger partial charge >= 0.3 is 5.97 Å². The number of likely N-dealkylation sites (N-methyl/N-ethyl adjacent to an activating group) is 1. The largest absolute Gasteiger partial charge is 0.480 e. The molecule has 1 aliphatic rings. The van der Waals surface area contributed by atoms with E-state index in [-0.39, 0.29) is 24.7 Å². The van der Waals surface area contributed by atoms with Crippen molar-refractivity contribution >= 4 is 16.0 Å². The summed E-state index contributed by atoms with van der Waals surface area (Å²) < 4.78 is 31.2. The minimum Gasteiger partial charge on any atom is -0.480 e. The highest BCUT2D eigenvalue weighted by Gasteiger charge is 2.57. The molecule has 0 spiro atoms. The average molecular weight is 327 g/mol. The van der Waals surface area contributed by atoms with Gasteiger partial charge in [0.2, 0.25) is 10.0 Å². The minimum atomic E-state index is -3.72. The van der Waals surface area contributed by atoms with E-state index >= 15 is 0 Å². The average Bonchev–Trinajstić information content (AvgIpc) is 2.40. The van der Waals surface area contributed by atoms with Crippen molar-refractivity contribution in [3.63, 3.8) is 0 Å². The van der Waals surface area contributed by atoms with Gasteiger partial charge < -0.3 is 9.84 Å². The Bertz CT molecular complexity index is 647. The van der Waals surface area contributed by atoms with Crippen LogP contribution in [0.25, 0.3) is 0 Å². The Morgan fingerprint density at radius 1 is 1.36 bits per heavy atom. The first-order valence-electron chi connectivity index (χ1n) is 7.00. The third-order valence-electron chi connectivity index (χ3n) is 4.35. The molecule has 122 valence electrons. The zero-order valence-corrected chi connectivity index (χ0v) is 13.8. The Balaban J connectivity index is 2.20. The molecule has 0 atom stereocenters. The summed E-state index contributed by atoms with van der Waals surface area (Å²) in [6, 6.07) is 7.16. The van der Waals surface area contributed by atoms with Gasteiger partial charge in [0, 0.05) is 27.0 Å². The lowest BCUT2D eigenvalue weighted by Gasteiger charge is -2.48. The molecule has 1 fully saturated rings. The number of sulfonamides is 1. The van der Waals surface area contributed by atoms with Gasteiger partial charge in [-0.05, 0) is 12.5 Å². The zero-order valence-electron chi connectivity index (χ0n) is 12.9. The second kappa shape index (κ2) is 5.98. The molecule has 1 aromatic rings. The molecule has 0 unspecified atom stereocenters. The van der Waals surface area contributed by atoms with Crippen LogP contribution in [0.15, 0.2) is 24.3 Å². The van der Waals surface area contributed by atoms with Crippen LogP contribution in [0.2, 0.25) is 0 Å². The number of carboxylic acids is 1. The lowest BCUT2D eigenvalue weighted by Crippen LogP contribution is -2.64. The van der Waals surface area contributed by atoms with E-state index in [1.54, 1.807) is 12.1 Å². The number of methoxy groups -OCH3 is 1. The number of aliphatic carboxylic acids is 1. The smallest absolute Gasteiger partial charge is 0.325 e. The number of hydrogen-bond donors (Lipinski definition) is 1. The predicted octanol–water partition coefficient (Wildman–Crippen LogP) is 1.39. The molecule has 0 radical (unpaired) electrons. The maximum atomic E-state index is 12.5. The van der Waals surface area contributed by atoms with Crippen LogP contribution in [-0.2, 0) is 25.3 Å². The summed E-state index contributed by atoms with van der Waals surface area (Å²) in [7, 11) is -0.890. The third-order valence-corrected chi connectivity index (χ3v) is 6.23. The van der Waals surface area contributed by atoms with E-state index in [0.717, 1.165) is 9.87 Å². The molecule has 1 aromatic carbocycles. The first kappa shape index (κ1) is 16.9. The van der Waals surface area contributed by atoms with Crippen LogP contribution in [0, 0.1) is 6.92 Å². The second-order valence-corrected chi connectivity index (χ2v) is 7.81. The number of benzene rings is 1. The van der Waals surface area contributed by atoms with Crippen molar-refractivity contribution in [3.05, 3.63) is 35.4 Å². The number of hydrogen-bond acceptors (Lipinski definition) is 4. The lowest BCUT2D eigenvalue weighted by atomic mass is 9.74. The molecule has 7 heteroatoms. The Kier molecular flexibility index (Phi) is 4.60. The molecular formula is C15H21NO5S. The molecule has 0 saturated heterocycles. The maximum Gasteiger partial charge on any atom is 0.325 e. The van der Waals surface area contributed by atoms with E-state index in [4.69, 9.17) is 4.74 Å². The first-order valence-corrected chi connectivity index (χ1v) is 8.60. The third kappa shape index (κ3) is 3.02. The van der Waals surface area contributed by atoms with E-state index in [9.17, 15) is 18.3 Å². The topological polar surface area (TPSA) is 83.9 Å². The van der Waals surface area contributed by atoms with Crippen molar-refractivity contribution in [3.8, 4) is 0 Å². The number of ether oxygens (including phenoxy) is 1. The molecule has 0 heterocycles. The highest BCUT2D eigenvalue weighted by Crippen LogP contribution is 2.41. The summed E-state index contributed by atoms with van der Waals surface area (Å²) >= 11 is 0. The van der Waals surface area contributed by atoms with Crippen molar-refractivity contribution in [1.82, 2.24) is 4.31 Å². The molecule has 22 heavy (non-hydrogen) atoms. The van der Waals surface area contributed by atoms with E-state index in [1.807, 2.05) is 19.1 Å². The van der Waals surface area contributed by atoms with Gasteiger partial charge in [-0.3, -0.25) is 4.79 Å². The van der Waals surface area contributed by atoms with Gasteiger partial charge in [-0.2, -0.15) is 4.31 Å². The standard InChI is InChI=1S/C15H21NO5S/c1-11-4-6-12(7-5-11)10-22(19,20)16(2)15(14(17)18)8-13(9-15)21-3/h4-7,13H,8-10H2,1-3H3,(H,17,18). The van der Waals surface area contributed by atoms with Crippen LogP contribution in [0.1, 0.15) is 24.0 Å². The number of carbonyl (C=O) groups is 1. The molecular weight excluding hydrogens is 306 g/mol. The molecule has 0 aromatic heterocycles. The zero-order chi connectivity index (χ0) is 16.5. The van der Waals surface area contributed by atoms with Crippen molar-refractivity contribution < 1.29 is 23.1 Å². The van der Waals surface area contributed by atoms with Gasteiger partial charge in [-0.25, -0.2) is 8.42 Å². The summed E-state index contributed by atoms with van der Waals surface area (Å²) in [6.45, 7) is 1.92. The minimum absolute atomic E-state index is 0.169. The molecule has 2 rings (SSSR count). The number of carboxylic acid groups (broad SMARTS) is 1. The van der Waals surface area contributed by atoms with Gasteiger partial charge in [0.1, 0.15) is 5.54 Å². The van der Waals surface area contributed by atoms with Gasteiger partial charge in [-0.1, -0.05) is 29.8 Å². The van der Waals surface area contributed by atoms with E-state index in [2.05, 4.69) is 0 Å². The molecule has 1 saturated carbocycles. The Labute approximate surface area is 130 Å². The van der Waals surface area contributed by atoms with E-state index < -0.39 is 21.5 Å². The summed E-state index contributed by atoms with van der Waals surface area (Å²) in [5.74, 6) is -1.34. The fourth-order valence-corrected chi connectivity index (χ4v) is 4.25. The Morgan fingerprint density at radius 3 is 2.36 bits per heavy atom.